The Morgan fingerprint density at radius 2 is 2.07 bits per heavy atom. The van der Waals surface area contributed by atoms with Crippen molar-refractivity contribution in [1.29, 1.82) is 0 Å². The van der Waals surface area contributed by atoms with Gasteiger partial charge < -0.3 is 9.64 Å². The van der Waals surface area contributed by atoms with E-state index in [4.69, 9.17) is 4.74 Å². The summed E-state index contributed by atoms with van der Waals surface area (Å²) in [5.41, 5.74) is -0.128. The Morgan fingerprint density at radius 1 is 1.47 bits per heavy atom. The zero-order valence-corrected chi connectivity index (χ0v) is 9.95. The molecule has 2 fully saturated rings. The summed E-state index contributed by atoms with van der Waals surface area (Å²) in [6.45, 7) is 6.99. The van der Waals surface area contributed by atoms with E-state index in [2.05, 4.69) is 13.8 Å². The van der Waals surface area contributed by atoms with E-state index in [1.54, 1.807) is 7.11 Å². The van der Waals surface area contributed by atoms with Crippen LogP contribution in [0, 0.1) is 17.3 Å². The standard InChI is InChI=1S/C12H21NO2/c1-9(2)10-6-13(7-10)11(14)12(4-5-12)8-15-3/h9-10H,4-8H2,1-3H3. The Labute approximate surface area is 91.8 Å². The van der Waals surface area contributed by atoms with Crippen LogP contribution >= 0.6 is 0 Å². The highest BCUT2D eigenvalue weighted by molar-refractivity contribution is 5.86. The summed E-state index contributed by atoms with van der Waals surface area (Å²) in [4.78, 5) is 14.1. The predicted molar refractivity (Wildman–Crippen MR) is 58.5 cm³/mol. The number of hydrogen-bond donors (Lipinski definition) is 0. The Bertz CT molecular complexity index is 252. The SMILES string of the molecule is COCC1(C(=O)N2CC(C(C)C)C2)CC1. The number of carbonyl (C=O) groups is 1. The van der Waals surface area contributed by atoms with Crippen LogP contribution < -0.4 is 0 Å². The Balaban J connectivity index is 1.84. The number of methoxy groups -OCH3 is 1. The highest BCUT2D eigenvalue weighted by Gasteiger charge is 2.53. The minimum absolute atomic E-state index is 0.128. The lowest BCUT2D eigenvalue weighted by molar-refractivity contribution is -0.146. The number of amides is 1. The lowest BCUT2D eigenvalue weighted by Crippen LogP contribution is -2.54. The molecule has 2 rings (SSSR count). The number of likely N-dealkylation sites (tertiary alicyclic amines) is 1. The van der Waals surface area contributed by atoms with Crippen molar-refractivity contribution in [2.24, 2.45) is 17.3 Å². The van der Waals surface area contributed by atoms with Crippen molar-refractivity contribution in [3.63, 3.8) is 0 Å². The first-order valence-electron chi connectivity index (χ1n) is 5.87. The second-order valence-electron chi connectivity index (χ2n) is 5.43. The topological polar surface area (TPSA) is 29.5 Å². The van der Waals surface area contributed by atoms with Crippen molar-refractivity contribution in [3.05, 3.63) is 0 Å². The summed E-state index contributed by atoms with van der Waals surface area (Å²) in [7, 11) is 1.68. The van der Waals surface area contributed by atoms with Gasteiger partial charge in [-0.2, -0.15) is 0 Å². The highest BCUT2D eigenvalue weighted by atomic mass is 16.5. The third-order valence-corrected chi connectivity index (χ3v) is 3.87. The molecule has 0 bridgehead atoms. The van der Waals surface area contributed by atoms with Gasteiger partial charge in [0.1, 0.15) is 0 Å². The molecule has 0 aromatic carbocycles. The van der Waals surface area contributed by atoms with Gasteiger partial charge in [0.2, 0.25) is 5.91 Å². The van der Waals surface area contributed by atoms with Crippen LogP contribution in [-0.2, 0) is 9.53 Å². The Morgan fingerprint density at radius 3 is 2.47 bits per heavy atom. The summed E-state index contributed by atoms with van der Waals surface area (Å²) in [6.07, 6.45) is 2.03. The van der Waals surface area contributed by atoms with Crippen molar-refractivity contribution in [2.75, 3.05) is 26.8 Å². The molecular formula is C12H21NO2. The largest absolute Gasteiger partial charge is 0.384 e. The fraction of sp³-hybridized carbons (Fsp3) is 0.917. The molecule has 2 aliphatic rings. The van der Waals surface area contributed by atoms with Gasteiger partial charge in [-0.25, -0.2) is 0 Å². The first-order chi connectivity index (χ1) is 7.09. The average molecular weight is 211 g/mol. The number of hydrogen-bond acceptors (Lipinski definition) is 2. The summed E-state index contributed by atoms with van der Waals surface area (Å²) in [6, 6.07) is 0. The third kappa shape index (κ3) is 1.89. The number of carbonyl (C=O) groups excluding carboxylic acids is 1. The molecule has 0 radical (unpaired) electrons. The molecule has 1 heterocycles. The maximum atomic E-state index is 12.1. The fourth-order valence-corrected chi connectivity index (χ4v) is 2.28. The van der Waals surface area contributed by atoms with E-state index in [0.29, 0.717) is 24.3 Å². The van der Waals surface area contributed by atoms with Crippen LogP contribution in [0.2, 0.25) is 0 Å². The maximum absolute atomic E-state index is 12.1. The molecule has 15 heavy (non-hydrogen) atoms. The van der Waals surface area contributed by atoms with Crippen LogP contribution in [0.4, 0.5) is 0 Å². The quantitative estimate of drug-likeness (QED) is 0.705. The van der Waals surface area contributed by atoms with Gasteiger partial charge in [-0.15, -0.1) is 0 Å². The summed E-state index contributed by atoms with van der Waals surface area (Å²) in [5.74, 6) is 1.75. The van der Waals surface area contributed by atoms with E-state index in [1.165, 1.54) is 0 Å². The number of rotatable bonds is 4. The maximum Gasteiger partial charge on any atom is 0.231 e. The van der Waals surface area contributed by atoms with Gasteiger partial charge in [0.25, 0.3) is 0 Å². The van der Waals surface area contributed by atoms with Crippen LogP contribution in [0.1, 0.15) is 26.7 Å². The van der Waals surface area contributed by atoms with Crippen molar-refractivity contribution in [3.8, 4) is 0 Å². The minimum atomic E-state index is -0.128. The van der Waals surface area contributed by atoms with Crippen LogP contribution in [0.15, 0.2) is 0 Å². The molecule has 0 spiro atoms. The van der Waals surface area contributed by atoms with Crippen molar-refractivity contribution in [1.82, 2.24) is 4.90 Å². The lowest BCUT2D eigenvalue weighted by atomic mass is 9.87. The molecule has 86 valence electrons. The second-order valence-corrected chi connectivity index (χ2v) is 5.43. The van der Waals surface area contributed by atoms with Crippen LogP contribution in [0.25, 0.3) is 0 Å². The molecule has 3 nitrogen and oxygen atoms in total. The normalized spacial score (nSPS) is 24.1. The molecule has 1 saturated heterocycles. The molecule has 1 aliphatic heterocycles. The molecule has 0 aromatic rings. The van der Waals surface area contributed by atoms with Gasteiger partial charge in [0.15, 0.2) is 0 Å². The van der Waals surface area contributed by atoms with Gasteiger partial charge in [-0.3, -0.25) is 4.79 Å². The first-order valence-corrected chi connectivity index (χ1v) is 5.87. The van der Waals surface area contributed by atoms with E-state index in [-0.39, 0.29) is 5.41 Å². The van der Waals surface area contributed by atoms with Crippen LogP contribution in [0.3, 0.4) is 0 Å². The number of nitrogens with zero attached hydrogens (tertiary/aromatic N) is 1. The molecule has 1 amide bonds. The lowest BCUT2D eigenvalue weighted by Gasteiger charge is -2.43. The van der Waals surface area contributed by atoms with Gasteiger partial charge in [0, 0.05) is 20.2 Å². The predicted octanol–water partition coefficient (Wildman–Crippen LogP) is 1.53. The summed E-state index contributed by atoms with van der Waals surface area (Å²) in [5, 5.41) is 0. The fourth-order valence-electron chi connectivity index (χ4n) is 2.28. The van der Waals surface area contributed by atoms with Crippen molar-refractivity contribution < 1.29 is 9.53 Å². The molecule has 0 aromatic heterocycles. The van der Waals surface area contributed by atoms with E-state index in [0.717, 1.165) is 25.9 Å². The molecule has 1 aliphatic carbocycles. The van der Waals surface area contributed by atoms with Gasteiger partial charge in [-0.1, -0.05) is 13.8 Å². The second kappa shape index (κ2) is 3.78. The monoisotopic (exact) mass is 211 g/mol. The Kier molecular flexibility index (Phi) is 2.75. The van der Waals surface area contributed by atoms with Crippen molar-refractivity contribution in [2.45, 2.75) is 26.7 Å². The average Bonchev–Trinajstić information content (AvgIpc) is 2.82. The van der Waals surface area contributed by atoms with Crippen LogP contribution in [0.5, 0.6) is 0 Å². The van der Waals surface area contributed by atoms with E-state index < -0.39 is 0 Å². The van der Waals surface area contributed by atoms with Gasteiger partial charge in [-0.05, 0) is 24.7 Å². The molecule has 0 atom stereocenters. The highest BCUT2D eigenvalue weighted by Crippen LogP contribution is 2.48. The number of ether oxygens (including phenoxy) is 1. The van der Waals surface area contributed by atoms with E-state index in [1.807, 2.05) is 4.90 Å². The summed E-state index contributed by atoms with van der Waals surface area (Å²) >= 11 is 0. The molecule has 1 saturated carbocycles. The van der Waals surface area contributed by atoms with Gasteiger partial charge >= 0.3 is 0 Å². The van der Waals surface area contributed by atoms with Crippen molar-refractivity contribution >= 4 is 5.91 Å². The molecular weight excluding hydrogens is 190 g/mol. The Hall–Kier alpha value is -0.570. The molecule has 3 heteroatoms. The summed E-state index contributed by atoms with van der Waals surface area (Å²) < 4.78 is 5.14. The van der Waals surface area contributed by atoms with Crippen LogP contribution in [-0.4, -0.2) is 37.6 Å². The molecule has 0 unspecified atom stereocenters. The smallest absolute Gasteiger partial charge is 0.231 e. The minimum Gasteiger partial charge on any atom is -0.384 e. The van der Waals surface area contributed by atoms with E-state index in [9.17, 15) is 4.79 Å². The van der Waals surface area contributed by atoms with E-state index >= 15 is 0 Å². The molecule has 0 N–H and O–H groups in total. The zero-order chi connectivity index (χ0) is 11.1. The zero-order valence-electron chi connectivity index (χ0n) is 9.95. The first kappa shape index (κ1) is 10.9. The third-order valence-electron chi connectivity index (χ3n) is 3.87. The van der Waals surface area contributed by atoms with Gasteiger partial charge in [0.05, 0.1) is 12.0 Å².